The molecule has 0 spiro atoms. The largest absolute Gasteiger partial charge is 1.00 e. The molecule has 2 aromatic carbocycles. The molecule has 9 nitrogen and oxygen atoms in total. The van der Waals surface area contributed by atoms with Crippen LogP contribution < -0.4 is 43.8 Å². The summed E-state index contributed by atoms with van der Waals surface area (Å²) in [6, 6.07) is 9.59. The maximum atomic E-state index is 13.6. The standard InChI is InChI=1S/C34H49NO8.Na/c1-8-9-10-13-24(33-28(41-6)21-25(40-5)22-29(33)42-7)20-30(36)35-27-19-23(14-15-26(27)34(2,3)4)12-11-18-43-32(39)17-16-31(37)38;/h14-15,19,21-22,24H,8-13,16-18,20H2,1-7H3,(H2,35,36,37,38);/q;+1/p-1. The zero-order valence-corrected chi connectivity index (χ0v) is 29.8. The van der Waals surface area contributed by atoms with Gasteiger partial charge in [-0.1, -0.05) is 70.7 Å². The van der Waals surface area contributed by atoms with Crippen molar-refractivity contribution in [2.45, 2.75) is 96.8 Å². The van der Waals surface area contributed by atoms with Gasteiger partial charge in [-0.25, -0.2) is 0 Å². The molecule has 10 heteroatoms. The van der Waals surface area contributed by atoms with Crippen molar-refractivity contribution in [3.63, 3.8) is 0 Å². The fourth-order valence-electron chi connectivity index (χ4n) is 5.02. The maximum Gasteiger partial charge on any atom is 1.00 e. The van der Waals surface area contributed by atoms with Crippen LogP contribution in [0.2, 0.25) is 0 Å². The Labute approximate surface area is 284 Å². The first-order valence-electron chi connectivity index (χ1n) is 15.0. The molecule has 1 unspecified atom stereocenters. The topological polar surface area (TPSA) is 122 Å². The average molecular weight is 622 g/mol. The van der Waals surface area contributed by atoms with Gasteiger partial charge >= 0.3 is 41.5 Å². The summed E-state index contributed by atoms with van der Waals surface area (Å²) in [6.45, 7) is 8.60. The molecule has 0 radical (unpaired) electrons. The van der Waals surface area contributed by atoms with Crippen LogP contribution in [0.15, 0.2) is 30.3 Å². The fourth-order valence-corrected chi connectivity index (χ4v) is 5.02. The molecule has 1 amide bonds. The Morgan fingerprint density at radius 1 is 0.909 bits per heavy atom. The second-order valence-corrected chi connectivity index (χ2v) is 11.7. The van der Waals surface area contributed by atoms with Crippen molar-refractivity contribution in [2.24, 2.45) is 0 Å². The Balaban J connectivity index is 0.00000968. The van der Waals surface area contributed by atoms with Crippen LogP contribution in [0.3, 0.4) is 0 Å². The summed E-state index contributed by atoms with van der Waals surface area (Å²) >= 11 is 0. The van der Waals surface area contributed by atoms with E-state index in [1.807, 2.05) is 30.3 Å². The third-order valence-electron chi connectivity index (χ3n) is 7.27. The Kier molecular flexibility index (Phi) is 17.5. The minimum atomic E-state index is -1.03. The number of carboxylic acid groups (broad SMARTS) is 1. The van der Waals surface area contributed by atoms with Crippen LogP contribution in [0.4, 0.5) is 5.69 Å². The summed E-state index contributed by atoms with van der Waals surface area (Å²) < 4.78 is 22.0. The Bertz CT molecular complexity index is 1200. The first kappa shape index (κ1) is 39.3. The molecule has 0 fully saturated rings. The summed E-state index contributed by atoms with van der Waals surface area (Å²) in [4.78, 5) is 36.0. The van der Waals surface area contributed by atoms with Crippen LogP contribution in [0.1, 0.15) is 102 Å². The summed E-state index contributed by atoms with van der Waals surface area (Å²) in [5.74, 6) is -0.0886. The van der Waals surface area contributed by atoms with E-state index in [0.29, 0.717) is 35.8 Å². The van der Waals surface area contributed by atoms with Gasteiger partial charge in [0.05, 0.1) is 46.7 Å². The number of carbonyl (C=O) groups excluding carboxylic acids is 2. The predicted octanol–water partition coefficient (Wildman–Crippen LogP) is 4.64. The maximum absolute atomic E-state index is 13.6. The second-order valence-electron chi connectivity index (χ2n) is 11.7. The van der Waals surface area contributed by atoms with Crippen LogP contribution in [0, 0.1) is 0 Å². The Morgan fingerprint density at radius 3 is 2.11 bits per heavy atom. The number of carbonyl (C=O) groups is 3. The van der Waals surface area contributed by atoms with E-state index in [2.05, 4.69) is 33.0 Å². The number of aryl methyl sites for hydroxylation is 1. The molecule has 2 aromatic rings. The number of amides is 1. The van der Waals surface area contributed by atoms with Crippen molar-refractivity contribution < 1.29 is 68.0 Å². The van der Waals surface area contributed by atoms with E-state index in [0.717, 1.165) is 42.4 Å². The number of methoxy groups -OCH3 is 3. The zero-order chi connectivity index (χ0) is 32.0. The van der Waals surface area contributed by atoms with Crippen LogP contribution in [0.5, 0.6) is 17.2 Å². The summed E-state index contributed by atoms with van der Waals surface area (Å²) in [5.41, 5.74) is 3.17. The number of benzene rings is 2. The molecule has 0 aromatic heterocycles. The van der Waals surface area contributed by atoms with Gasteiger partial charge < -0.3 is 34.2 Å². The summed E-state index contributed by atoms with van der Waals surface area (Å²) in [7, 11) is 4.79. The van der Waals surface area contributed by atoms with Crippen LogP contribution in [-0.4, -0.2) is 50.9 Å². The number of rotatable bonds is 18. The molecule has 0 bridgehead atoms. The van der Waals surface area contributed by atoms with Gasteiger partial charge in [0.25, 0.3) is 0 Å². The van der Waals surface area contributed by atoms with Crippen LogP contribution in [0.25, 0.3) is 5.32 Å². The van der Waals surface area contributed by atoms with E-state index >= 15 is 0 Å². The molecule has 0 aliphatic heterocycles. The molecule has 1 N–H and O–H groups in total. The van der Waals surface area contributed by atoms with Crippen LogP contribution in [-0.2, 0) is 31.0 Å². The molecule has 2 rings (SSSR count). The van der Waals surface area contributed by atoms with Crippen molar-refractivity contribution in [3.8, 4) is 17.2 Å². The van der Waals surface area contributed by atoms with E-state index in [1.54, 1.807) is 21.3 Å². The van der Waals surface area contributed by atoms with Crippen molar-refractivity contribution in [2.75, 3.05) is 27.9 Å². The Morgan fingerprint density at radius 2 is 1.57 bits per heavy atom. The van der Waals surface area contributed by atoms with Gasteiger partial charge in [0.1, 0.15) is 17.2 Å². The van der Waals surface area contributed by atoms with Gasteiger partial charge in [-0.2, -0.15) is 0 Å². The number of nitrogens with zero attached hydrogens (tertiary/aromatic N) is 1. The molecule has 0 saturated heterocycles. The van der Waals surface area contributed by atoms with Crippen molar-refractivity contribution in [3.05, 3.63) is 52.3 Å². The van der Waals surface area contributed by atoms with E-state index < -0.39 is 11.9 Å². The number of carboxylic acids is 1. The number of aliphatic carboxylic acids is 1. The molecular weight excluding hydrogens is 573 g/mol. The van der Waals surface area contributed by atoms with Gasteiger partial charge in [-0.15, -0.1) is 5.69 Å². The van der Waals surface area contributed by atoms with Gasteiger partial charge in [0.2, 0.25) is 0 Å². The smallest absolute Gasteiger partial charge is 0.627 e. The van der Waals surface area contributed by atoms with Crippen molar-refractivity contribution in [1.82, 2.24) is 0 Å². The summed E-state index contributed by atoms with van der Waals surface area (Å²) in [6.07, 6.45) is 4.84. The molecule has 1 atom stereocenters. The number of unbranched alkanes of at least 4 members (excludes halogenated alkanes) is 2. The van der Waals surface area contributed by atoms with E-state index in [9.17, 15) is 14.4 Å². The number of hydrogen-bond donors (Lipinski definition) is 1. The minimum absolute atomic E-state index is 0. The molecule has 0 aliphatic carbocycles. The van der Waals surface area contributed by atoms with Crippen molar-refractivity contribution in [1.29, 1.82) is 0 Å². The van der Waals surface area contributed by atoms with Gasteiger partial charge in [0.15, 0.2) is 0 Å². The molecular formula is C34H48NNaO8. The SMILES string of the molecule is CCCCCC(CC(=O)[N-]c1cc(CCCOC(=O)CCC(=O)O)ccc1C(C)(C)C)c1c(OC)cc(OC)cc1OC.[Na+]. The van der Waals surface area contributed by atoms with Gasteiger partial charge in [-0.3, -0.25) is 9.59 Å². The summed E-state index contributed by atoms with van der Waals surface area (Å²) in [5, 5.41) is 13.4. The minimum Gasteiger partial charge on any atom is -0.627 e. The van der Waals surface area contributed by atoms with Crippen molar-refractivity contribution >= 4 is 23.5 Å². The predicted molar refractivity (Wildman–Crippen MR) is 167 cm³/mol. The normalized spacial score (nSPS) is 11.6. The molecule has 238 valence electrons. The first-order chi connectivity index (χ1) is 20.4. The third-order valence-corrected chi connectivity index (χ3v) is 7.27. The zero-order valence-electron chi connectivity index (χ0n) is 27.8. The number of hydrogen-bond acceptors (Lipinski definition) is 7. The quantitative estimate of drug-likeness (QED) is 0.145. The average Bonchev–Trinajstić information content (AvgIpc) is 2.96. The second kappa shape index (κ2) is 19.6. The molecule has 0 heterocycles. The monoisotopic (exact) mass is 621 g/mol. The third kappa shape index (κ3) is 12.7. The van der Waals surface area contributed by atoms with Gasteiger partial charge in [-0.05, 0) is 42.6 Å². The van der Waals surface area contributed by atoms with E-state index in [-0.39, 0.29) is 72.7 Å². The fraction of sp³-hybridized carbons (Fsp3) is 0.559. The Hall–Kier alpha value is -2.75. The van der Waals surface area contributed by atoms with Crippen LogP contribution >= 0.6 is 0 Å². The van der Waals surface area contributed by atoms with Gasteiger partial charge in [0, 0.05) is 17.7 Å². The van der Waals surface area contributed by atoms with E-state index in [1.165, 1.54) is 0 Å². The number of esters is 1. The first-order valence-corrected chi connectivity index (χ1v) is 15.0. The van der Waals surface area contributed by atoms with E-state index in [4.69, 9.17) is 24.1 Å². The number of ether oxygens (including phenoxy) is 4. The molecule has 0 aliphatic rings. The molecule has 44 heavy (non-hydrogen) atoms. The molecule has 0 saturated carbocycles.